The van der Waals surface area contributed by atoms with Crippen LogP contribution in [0.4, 0.5) is 0 Å². The van der Waals surface area contributed by atoms with Crippen molar-refractivity contribution in [1.29, 1.82) is 0 Å². The first-order chi connectivity index (χ1) is 20.0. The van der Waals surface area contributed by atoms with Gasteiger partial charge in [-0.15, -0.1) is 0 Å². The van der Waals surface area contributed by atoms with Gasteiger partial charge in [0.15, 0.2) is 0 Å². The van der Waals surface area contributed by atoms with Gasteiger partial charge in [-0.25, -0.2) is 4.79 Å². The number of ether oxygens (including phenoxy) is 4. The standard InChI is InChI=1S/C28H43N5O9/c1-28(2,3)42-25(37)19-41-14-10-30-22(34)7-12-39-13-9-31-23(35)18-40-15-11-32-27(38)21-16-24(36)33(4)26(21)20-6-5-8-29-17-20/h5-6,8,17,21,26H,7,9-16,18-19H2,1-4H3,(H,30,34)(H,31,35)(H,32,38)/t21-,26+/m0/s1. The predicted molar refractivity (Wildman–Crippen MR) is 150 cm³/mol. The number of amides is 4. The molecule has 1 aromatic rings. The van der Waals surface area contributed by atoms with Gasteiger partial charge in [-0.3, -0.25) is 24.2 Å². The lowest BCUT2D eigenvalue weighted by molar-refractivity contribution is -0.160. The van der Waals surface area contributed by atoms with Crippen molar-refractivity contribution in [3.8, 4) is 0 Å². The van der Waals surface area contributed by atoms with Crippen LogP contribution < -0.4 is 16.0 Å². The van der Waals surface area contributed by atoms with Gasteiger partial charge >= 0.3 is 5.97 Å². The van der Waals surface area contributed by atoms with Crippen LogP contribution in [-0.4, -0.2) is 111 Å². The molecule has 0 unspecified atom stereocenters. The lowest BCUT2D eigenvalue weighted by Crippen LogP contribution is -2.37. The molecule has 2 rings (SSSR count). The Morgan fingerprint density at radius 1 is 0.929 bits per heavy atom. The Balaban J connectivity index is 1.45. The number of likely N-dealkylation sites (tertiary alicyclic amines) is 1. The summed E-state index contributed by atoms with van der Waals surface area (Å²) in [6.07, 6.45) is 3.55. The first kappa shape index (κ1) is 34.6. The summed E-state index contributed by atoms with van der Waals surface area (Å²) in [5, 5.41) is 8.07. The molecular formula is C28H43N5O9. The van der Waals surface area contributed by atoms with E-state index in [4.69, 9.17) is 18.9 Å². The summed E-state index contributed by atoms with van der Waals surface area (Å²) in [6.45, 7) is 6.35. The molecule has 234 valence electrons. The maximum absolute atomic E-state index is 12.7. The van der Waals surface area contributed by atoms with E-state index in [1.54, 1.807) is 51.2 Å². The Labute approximate surface area is 246 Å². The second-order valence-electron chi connectivity index (χ2n) is 10.6. The van der Waals surface area contributed by atoms with Crippen LogP contribution in [0.15, 0.2) is 24.5 Å². The zero-order valence-corrected chi connectivity index (χ0v) is 24.8. The Hall–Kier alpha value is -3.62. The van der Waals surface area contributed by atoms with Crippen molar-refractivity contribution in [3.63, 3.8) is 0 Å². The fraction of sp³-hybridized carbons (Fsp3) is 0.643. The summed E-state index contributed by atoms with van der Waals surface area (Å²) in [6, 6.07) is 3.22. The van der Waals surface area contributed by atoms with Crippen molar-refractivity contribution in [1.82, 2.24) is 25.8 Å². The molecule has 1 aliphatic rings. The Morgan fingerprint density at radius 2 is 1.57 bits per heavy atom. The third kappa shape index (κ3) is 13.4. The summed E-state index contributed by atoms with van der Waals surface area (Å²) in [5.74, 6) is -1.93. The molecule has 2 atom stereocenters. The largest absolute Gasteiger partial charge is 0.458 e. The zero-order chi connectivity index (χ0) is 31.0. The van der Waals surface area contributed by atoms with Gasteiger partial charge in [0.1, 0.15) is 18.8 Å². The van der Waals surface area contributed by atoms with Crippen molar-refractivity contribution in [2.75, 3.05) is 66.3 Å². The minimum absolute atomic E-state index is 0.108. The van der Waals surface area contributed by atoms with Gasteiger partial charge in [0.2, 0.25) is 23.6 Å². The van der Waals surface area contributed by atoms with E-state index < -0.39 is 17.5 Å². The molecule has 1 aliphatic heterocycles. The van der Waals surface area contributed by atoms with Crippen LogP contribution in [0.5, 0.6) is 0 Å². The number of nitrogens with zero attached hydrogens (tertiary/aromatic N) is 2. The zero-order valence-electron chi connectivity index (χ0n) is 24.8. The van der Waals surface area contributed by atoms with E-state index in [0.717, 1.165) is 5.56 Å². The molecule has 1 aromatic heterocycles. The molecule has 0 aromatic carbocycles. The van der Waals surface area contributed by atoms with Crippen LogP contribution in [0, 0.1) is 5.92 Å². The second kappa shape index (κ2) is 18.0. The van der Waals surface area contributed by atoms with Crippen molar-refractivity contribution in [3.05, 3.63) is 30.1 Å². The van der Waals surface area contributed by atoms with E-state index in [1.165, 1.54) is 0 Å². The van der Waals surface area contributed by atoms with Gasteiger partial charge in [0, 0.05) is 51.9 Å². The smallest absolute Gasteiger partial charge is 0.332 e. The van der Waals surface area contributed by atoms with Crippen molar-refractivity contribution in [2.24, 2.45) is 5.92 Å². The SMILES string of the molecule is CN1C(=O)C[C@H](C(=O)NCCOCC(=O)NCCOCCC(=O)NCCOCC(=O)OC(C)(C)C)[C@H]1c1cccnc1. The van der Waals surface area contributed by atoms with Crippen LogP contribution in [0.3, 0.4) is 0 Å². The van der Waals surface area contributed by atoms with Crippen LogP contribution in [0.2, 0.25) is 0 Å². The predicted octanol–water partition coefficient (Wildman–Crippen LogP) is -0.269. The van der Waals surface area contributed by atoms with E-state index in [2.05, 4.69) is 20.9 Å². The molecule has 0 spiro atoms. The van der Waals surface area contributed by atoms with Gasteiger partial charge < -0.3 is 39.8 Å². The molecule has 0 radical (unpaired) electrons. The number of aromatic nitrogens is 1. The number of carbonyl (C=O) groups excluding carboxylic acids is 5. The van der Waals surface area contributed by atoms with Crippen LogP contribution >= 0.6 is 0 Å². The molecule has 14 nitrogen and oxygen atoms in total. The molecule has 1 saturated heterocycles. The summed E-state index contributed by atoms with van der Waals surface area (Å²) < 4.78 is 20.9. The molecule has 3 N–H and O–H groups in total. The molecule has 0 aliphatic carbocycles. The number of hydrogen-bond donors (Lipinski definition) is 3. The minimum atomic E-state index is -0.574. The van der Waals surface area contributed by atoms with E-state index in [0.29, 0.717) is 0 Å². The quantitative estimate of drug-likeness (QED) is 0.152. The molecule has 42 heavy (non-hydrogen) atoms. The fourth-order valence-corrected chi connectivity index (χ4v) is 4.11. The summed E-state index contributed by atoms with van der Waals surface area (Å²) in [7, 11) is 1.67. The molecule has 2 heterocycles. The van der Waals surface area contributed by atoms with E-state index in [1.807, 2.05) is 6.07 Å². The first-order valence-corrected chi connectivity index (χ1v) is 13.9. The maximum atomic E-state index is 12.7. The number of pyridine rings is 1. The summed E-state index contributed by atoms with van der Waals surface area (Å²) in [4.78, 5) is 65.8. The highest BCUT2D eigenvalue weighted by Gasteiger charge is 2.42. The highest BCUT2D eigenvalue weighted by molar-refractivity contribution is 5.90. The fourth-order valence-electron chi connectivity index (χ4n) is 4.11. The number of nitrogens with one attached hydrogen (secondary N) is 3. The van der Waals surface area contributed by atoms with Crippen molar-refractivity contribution >= 4 is 29.6 Å². The Morgan fingerprint density at radius 3 is 2.24 bits per heavy atom. The molecule has 14 heteroatoms. The van der Waals surface area contributed by atoms with Gasteiger partial charge in [0.05, 0.1) is 38.4 Å². The Kier molecular flexibility index (Phi) is 14.8. The summed E-state index contributed by atoms with van der Waals surface area (Å²) in [5.41, 5.74) is 0.223. The van der Waals surface area contributed by atoms with E-state index >= 15 is 0 Å². The van der Waals surface area contributed by atoms with Crippen molar-refractivity contribution in [2.45, 2.75) is 45.3 Å². The molecule has 4 amide bonds. The number of esters is 1. The third-order valence-corrected chi connectivity index (χ3v) is 5.98. The Bertz CT molecular complexity index is 1030. The van der Waals surface area contributed by atoms with Gasteiger partial charge in [-0.1, -0.05) is 6.07 Å². The van der Waals surface area contributed by atoms with Crippen LogP contribution in [0.1, 0.15) is 45.2 Å². The third-order valence-electron chi connectivity index (χ3n) is 5.98. The number of hydrogen-bond acceptors (Lipinski definition) is 10. The number of rotatable bonds is 18. The lowest BCUT2D eigenvalue weighted by Gasteiger charge is -2.24. The topological polar surface area (TPSA) is 174 Å². The van der Waals surface area contributed by atoms with E-state index in [9.17, 15) is 24.0 Å². The highest BCUT2D eigenvalue weighted by Crippen LogP contribution is 2.36. The maximum Gasteiger partial charge on any atom is 0.332 e. The second-order valence-corrected chi connectivity index (χ2v) is 10.6. The molecule has 1 fully saturated rings. The van der Waals surface area contributed by atoms with Crippen LogP contribution in [0.25, 0.3) is 0 Å². The lowest BCUT2D eigenvalue weighted by atomic mass is 9.94. The molecule has 0 bridgehead atoms. The first-order valence-electron chi connectivity index (χ1n) is 13.9. The molecule has 0 saturated carbocycles. The van der Waals surface area contributed by atoms with Crippen LogP contribution in [-0.2, 0) is 42.9 Å². The molecular weight excluding hydrogens is 550 g/mol. The van der Waals surface area contributed by atoms with Crippen molar-refractivity contribution < 1.29 is 42.9 Å². The minimum Gasteiger partial charge on any atom is -0.458 e. The average molecular weight is 594 g/mol. The monoisotopic (exact) mass is 593 g/mol. The van der Waals surface area contributed by atoms with Gasteiger partial charge in [-0.2, -0.15) is 0 Å². The normalized spacial score (nSPS) is 16.7. The van der Waals surface area contributed by atoms with E-state index in [-0.39, 0.29) is 102 Å². The van der Waals surface area contributed by atoms with Gasteiger partial charge in [0.25, 0.3) is 0 Å². The highest BCUT2D eigenvalue weighted by atomic mass is 16.6. The summed E-state index contributed by atoms with van der Waals surface area (Å²) >= 11 is 0. The van der Waals surface area contributed by atoms with Gasteiger partial charge in [-0.05, 0) is 32.4 Å². The number of carbonyl (C=O) groups is 5. The average Bonchev–Trinajstić information content (AvgIpc) is 3.23.